The molecular formula is C13H15N3O. The molecule has 0 spiro atoms. The minimum atomic E-state index is 0.179. The number of aliphatic hydroxyl groups is 1. The third kappa shape index (κ3) is 1.85. The third-order valence-corrected chi connectivity index (χ3v) is 3.27. The molecule has 4 heteroatoms. The number of imidazole rings is 1. The predicted molar refractivity (Wildman–Crippen MR) is 64.5 cm³/mol. The van der Waals surface area contributed by atoms with Crippen LogP contribution in [0.1, 0.15) is 24.6 Å². The molecule has 88 valence electrons. The molecule has 0 amide bonds. The second-order valence-electron chi connectivity index (χ2n) is 4.41. The average Bonchev–Trinajstić information content (AvgIpc) is 2.83. The Kier molecular flexibility index (Phi) is 2.65. The number of aliphatic hydroxyl groups excluding tert-OH is 1. The summed E-state index contributed by atoms with van der Waals surface area (Å²) in [6.45, 7) is 1.17. The lowest BCUT2D eigenvalue weighted by Gasteiger charge is -2.20. The summed E-state index contributed by atoms with van der Waals surface area (Å²) in [6.07, 6.45) is 5.95. The predicted octanol–water partition coefficient (Wildman–Crippen LogP) is 1.81. The van der Waals surface area contributed by atoms with E-state index >= 15 is 0 Å². The molecule has 0 aromatic carbocycles. The molecule has 0 saturated carbocycles. The van der Waals surface area contributed by atoms with Crippen LogP contribution in [0.2, 0.25) is 0 Å². The third-order valence-electron chi connectivity index (χ3n) is 3.27. The van der Waals surface area contributed by atoms with Crippen molar-refractivity contribution in [1.82, 2.24) is 14.5 Å². The van der Waals surface area contributed by atoms with Gasteiger partial charge in [0.1, 0.15) is 11.5 Å². The zero-order valence-corrected chi connectivity index (χ0v) is 9.58. The molecule has 17 heavy (non-hydrogen) atoms. The number of rotatable bonds is 2. The van der Waals surface area contributed by atoms with Gasteiger partial charge in [-0.2, -0.15) is 0 Å². The number of nitrogens with zero attached hydrogens (tertiary/aromatic N) is 3. The van der Waals surface area contributed by atoms with Crippen molar-refractivity contribution in [2.75, 3.05) is 6.61 Å². The number of hydrogen-bond donors (Lipinski definition) is 1. The summed E-state index contributed by atoms with van der Waals surface area (Å²) in [5.74, 6) is 1.18. The Morgan fingerprint density at radius 1 is 1.35 bits per heavy atom. The molecule has 1 atom stereocenters. The normalized spacial score (nSPS) is 19.0. The number of pyridine rings is 1. The highest BCUT2D eigenvalue weighted by Gasteiger charge is 2.22. The van der Waals surface area contributed by atoms with Gasteiger partial charge in [0.15, 0.2) is 0 Å². The van der Waals surface area contributed by atoms with Crippen LogP contribution >= 0.6 is 0 Å². The molecule has 4 nitrogen and oxygen atoms in total. The molecule has 0 aliphatic carbocycles. The SMILES string of the molecule is OCC1CCCn2cc(-c3ccccn3)nc21. The Labute approximate surface area is 100.0 Å². The van der Waals surface area contributed by atoms with Gasteiger partial charge in [-0.25, -0.2) is 4.98 Å². The first-order valence-corrected chi connectivity index (χ1v) is 5.98. The minimum absolute atomic E-state index is 0.179. The molecule has 2 aromatic heterocycles. The lowest BCUT2D eigenvalue weighted by Crippen LogP contribution is -2.18. The van der Waals surface area contributed by atoms with Gasteiger partial charge in [-0.05, 0) is 25.0 Å². The maximum Gasteiger partial charge on any atom is 0.114 e. The van der Waals surface area contributed by atoms with E-state index in [-0.39, 0.29) is 12.5 Å². The average molecular weight is 229 g/mol. The van der Waals surface area contributed by atoms with Gasteiger partial charge in [-0.3, -0.25) is 4.98 Å². The van der Waals surface area contributed by atoms with Crippen LogP contribution in [0.15, 0.2) is 30.6 Å². The van der Waals surface area contributed by atoms with E-state index in [4.69, 9.17) is 0 Å². The highest BCUT2D eigenvalue weighted by molar-refractivity contribution is 5.53. The summed E-state index contributed by atoms with van der Waals surface area (Å²) in [5, 5.41) is 9.35. The number of aryl methyl sites for hydroxylation is 1. The topological polar surface area (TPSA) is 50.9 Å². The largest absolute Gasteiger partial charge is 0.396 e. The van der Waals surface area contributed by atoms with Crippen LogP contribution in [0.4, 0.5) is 0 Å². The highest BCUT2D eigenvalue weighted by Crippen LogP contribution is 2.28. The van der Waals surface area contributed by atoms with Crippen LogP contribution < -0.4 is 0 Å². The molecule has 0 saturated heterocycles. The molecular weight excluding hydrogens is 214 g/mol. The molecule has 0 radical (unpaired) electrons. The lowest BCUT2D eigenvalue weighted by molar-refractivity contribution is 0.238. The van der Waals surface area contributed by atoms with E-state index in [1.54, 1.807) is 6.20 Å². The van der Waals surface area contributed by atoms with E-state index in [1.807, 2.05) is 24.4 Å². The first-order valence-electron chi connectivity index (χ1n) is 5.98. The molecule has 1 aliphatic rings. The zero-order chi connectivity index (χ0) is 11.7. The van der Waals surface area contributed by atoms with Crippen LogP contribution in [-0.4, -0.2) is 26.2 Å². The zero-order valence-electron chi connectivity index (χ0n) is 9.58. The van der Waals surface area contributed by atoms with Gasteiger partial charge < -0.3 is 9.67 Å². The van der Waals surface area contributed by atoms with Gasteiger partial charge in [-0.1, -0.05) is 6.07 Å². The van der Waals surface area contributed by atoms with Crippen LogP contribution in [0, 0.1) is 0 Å². The summed E-state index contributed by atoms with van der Waals surface area (Å²) < 4.78 is 2.15. The van der Waals surface area contributed by atoms with Gasteiger partial charge in [0.2, 0.25) is 0 Å². The summed E-state index contributed by atoms with van der Waals surface area (Å²) in [7, 11) is 0. The number of fused-ring (bicyclic) bond motifs is 1. The Balaban J connectivity index is 2.02. The van der Waals surface area contributed by atoms with Crippen molar-refractivity contribution in [3.8, 4) is 11.4 Å². The van der Waals surface area contributed by atoms with Crippen molar-refractivity contribution in [1.29, 1.82) is 0 Å². The lowest BCUT2D eigenvalue weighted by atomic mass is 10.0. The van der Waals surface area contributed by atoms with Gasteiger partial charge in [-0.15, -0.1) is 0 Å². The first-order chi connectivity index (χ1) is 8.38. The van der Waals surface area contributed by atoms with Gasteiger partial charge in [0.25, 0.3) is 0 Å². The first kappa shape index (κ1) is 10.5. The Hall–Kier alpha value is -1.68. The van der Waals surface area contributed by atoms with Gasteiger partial charge in [0, 0.05) is 24.9 Å². The fourth-order valence-electron chi connectivity index (χ4n) is 2.38. The highest BCUT2D eigenvalue weighted by atomic mass is 16.3. The summed E-state index contributed by atoms with van der Waals surface area (Å²) >= 11 is 0. The molecule has 1 aliphatic heterocycles. The fourth-order valence-corrected chi connectivity index (χ4v) is 2.38. The van der Waals surface area contributed by atoms with Crippen LogP contribution in [0.3, 0.4) is 0 Å². The monoisotopic (exact) mass is 229 g/mol. The van der Waals surface area contributed by atoms with Crippen LogP contribution in [0.25, 0.3) is 11.4 Å². The van der Waals surface area contributed by atoms with E-state index in [0.717, 1.165) is 36.6 Å². The molecule has 3 rings (SSSR count). The Bertz CT molecular complexity index is 507. The van der Waals surface area contributed by atoms with Crippen molar-refractivity contribution >= 4 is 0 Å². The van der Waals surface area contributed by atoms with Crippen molar-refractivity contribution in [2.24, 2.45) is 0 Å². The minimum Gasteiger partial charge on any atom is -0.396 e. The number of aromatic nitrogens is 3. The maximum atomic E-state index is 9.35. The Morgan fingerprint density at radius 2 is 2.29 bits per heavy atom. The van der Waals surface area contributed by atoms with E-state index in [9.17, 15) is 5.11 Å². The van der Waals surface area contributed by atoms with Crippen molar-refractivity contribution in [3.63, 3.8) is 0 Å². The van der Waals surface area contributed by atoms with E-state index in [1.165, 1.54) is 0 Å². The van der Waals surface area contributed by atoms with Crippen molar-refractivity contribution < 1.29 is 5.11 Å². The summed E-state index contributed by atoms with van der Waals surface area (Å²) in [4.78, 5) is 8.92. The quantitative estimate of drug-likeness (QED) is 0.854. The molecule has 2 aromatic rings. The maximum absolute atomic E-state index is 9.35. The van der Waals surface area contributed by atoms with Crippen molar-refractivity contribution in [2.45, 2.75) is 25.3 Å². The molecule has 0 fully saturated rings. The fraction of sp³-hybridized carbons (Fsp3) is 0.385. The van der Waals surface area contributed by atoms with Crippen LogP contribution in [-0.2, 0) is 6.54 Å². The van der Waals surface area contributed by atoms with E-state index < -0.39 is 0 Å². The number of hydrogen-bond acceptors (Lipinski definition) is 3. The molecule has 3 heterocycles. The van der Waals surface area contributed by atoms with Crippen molar-refractivity contribution in [3.05, 3.63) is 36.4 Å². The standard InChI is InChI=1S/C13H15N3O/c17-9-10-4-3-7-16-8-12(15-13(10)16)11-5-1-2-6-14-11/h1-2,5-6,8,10,17H,3-4,7,9H2. The molecule has 0 bridgehead atoms. The van der Waals surface area contributed by atoms with Crippen LogP contribution in [0.5, 0.6) is 0 Å². The van der Waals surface area contributed by atoms with E-state index in [2.05, 4.69) is 14.5 Å². The second-order valence-corrected chi connectivity index (χ2v) is 4.41. The van der Waals surface area contributed by atoms with E-state index in [0.29, 0.717) is 0 Å². The van der Waals surface area contributed by atoms with Gasteiger partial charge in [0.05, 0.1) is 12.3 Å². The summed E-state index contributed by atoms with van der Waals surface area (Å²) in [6, 6.07) is 5.82. The second kappa shape index (κ2) is 4.30. The Morgan fingerprint density at radius 3 is 3.06 bits per heavy atom. The molecule has 1 unspecified atom stereocenters. The summed E-state index contributed by atoms with van der Waals surface area (Å²) in [5.41, 5.74) is 1.80. The molecule has 1 N–H and O–H groups in total. The van der Waals surface area contributed by atoms with Gasteiger partial charge >= 0.3 is 0 Å². The smallest absolute Gasteiger partial charge is 0.114 e.